The maximum atomic E-state index is 12.5. The molecular weight excluding hydrogens is 324 g/mol. The van der Waals surface area contributed by atoms with Crippen LogP contribution in [0.25, 0.3) is 0 Å². The molecule has 1 saturated heterocycles. The molecule has 0 bridgehead atoms. The van der Waals surface area contributed by atoms with Gasteiger partial charge in [-0.2, -0.15) is 10.1 Å². The summed E-state index contributed by atoms with van der Waals surface area (Å²) in [6, 6.07) is 4.43. The average molecular weight is 344 g/mol. The normalized spacial score (nSPS) is 15.1. The highest BCUT2D eigenvalue weighted by molar-refractivity contribution is 6.05. The van der Waals surface area contributed by atoms with Crippen molar-refractivity contribution in [2.24, 2.45) is 7.05 Å². The average Bonchev–Trinajstić information content (AvgIpc) is 2.96. The monoisotopic (exact) mass is 344 g/mol. The predicted molar refractivity (Wildman–Crippen MR) is 91.6 cm³/mol. The van der Waals surface area contributed by atoms with E-state index < -0.39 is 10.8 Å². The number of nitrogens with one attached hydrogen (secondary N) is 2. The SMILES string of the molecule is Cc1c(C(=O)Nc2nc(C3CCNCC3)nn2C)cccc1[N+](=O)[O-]. The summed E-state index contributed by atoms with van der Waals surface area (Å²) in [6.45, 7) is 3.42. The smallest absolute Gasteiger partial charge is 0.273 e. The van der Waals surface area contributed by atoms with Crippen LogP contribution in [0.1, 0.15) is 40.5 Å². The minimum Gasteiger partial charge on any atom is -0.317 e. The first-order valence-electron chi connectivity index (χ1n) is 8.14. The highest BCUT2D eigenvalue weighted by Crippen LogP contribution is 2.24. The zero-order valence-corrected chi connectivity index (χ0v) is 14.2. The molecule has 1 amide bonds. The first kappa shape index (κ1) is 17.0. The van der Waals surface area contributed by atoms with E-state index in [1.807, 2.05) is 0 Å². The van der Waals surface area contributed by atoms with E-state index in [1.54, 1.807) is 20.0 Å². The van der Waals surface area contributed by atoms with Crippen LogP contribution in [-0.4, -0.2) is 38.7 Å². The van der Waals surface area contributed by atoms with Gasteiger partial charge in [0.05, 0.1) is 4.92 Å². The van der Waals surface area contributed by atoms with Crippen molar-refractivity contribution in [1.82, 2.24) is 20.1 Å². The molecule has 1 aliphatic heterocycles. The van der Waals surface area contributed by atoms with Gasteiger partial charge < -0.3 is 5.32 Å². The Morgan fingerprint density at radius 2 is 2.12 bits per heavy atom. The highest BCUT2D eigenvalue weighted by atomic mass is 16.6. The number of piperidine rings is 1. The summed E-state index contributed by atoms with van der Waals surface area (Å²) in [7, 11) is 1.72. The summed E-state index contributed by atoms with van der Waals surface area (Å²) in [5.74, 6) is 0.894. The molecule has 0 saturated carbocycles. The Morgan fingerprint density at radius 1 is 1.40 bits per heavy atom. The topological polar surface area (TPSA) is 115 Å². The quantitative estimate of drug-likeness (QED) is 0.645. The molecule has 0 atom stereocenters. The van der Waals surface area contributed by atoms with Gasteiger partial charge in [-0.25, -0.2) is 4.68 Å². The molecule has 2 aromatic rings. The van der Waals surface area contributed by atoms with E-state index in [1.165, 1.54) is 16.8 Å². The van der Waals surface area contributed by atoms with Gasteiger partial charge in [-0.15, -0.1) is 0 Å². The van der Waals surface area contributed by atoms with E-state index in [9.17, 15) is 14.9 Å². The molecule has 0 aliphatic carbocycles. The van der Waals surface area contributed by atoms with Crippen LogP contribution in [0.15, 0.2) is 18.2 Å². The van der Waals surface area contributed by atoms with Gasteiger partial charge in [-0.3, -0.25) is 20.2 Å². The van der Waals surface area contributed by atoms with Crippen molar-refractivity contribution in [3.05, 3.63) is 45.3 Å². The third kappa shape index (κ3) is 3.50. The van der Waals surface area contributed by atoms with Gasteiger partial charge in [0.15, 0.2) is 5.82 Å². The van der Waals surface area contributed by atoms with Crippen molar-refractivity contribution in [2.75, 3.05) is 18.4 Å². The van der Waals surface area contributed by atoms with Gasteiger partial charge >= 0.3 is 0 Å². The first-order chi connectivity index (χ1) is 12.0. The lowest BCUT2D eigenvalue weighted by Gasteiger charge is -2.19. The Balaban J connectivity index is 1.81. The molecule has 132 valence electrons. The zero-order chi connectivity index (χ0) is 18.0. The lowest BCUT2D eigenvalue weighted by Crippen LogP contribution is -2.27. The summed E-state index contributed by atoms with van der Waals surface area (Å²) >= 11 is 0. The maximum absolute atomic E-state index is 12.5. The van der Waals surface area contributed by atoms with Crippen molar-refractivity contribution in [1.29, 1.82) is 0 Å². The number of amides is 1. The Labute approximate surface area is 144 Å². The van der Waals surface area contributed by atoms with E-state index in [2.05, 4.69) is 20.7 Å². The standard InChI is InChI=1S/C16H20N6O3/c1-10-12(4-3-5-13(10)22(24)25)15(23)19-16-18-14(20-21(16)2)11-6-8-17-9-7-11/h3-5,11,17H,6-9H2,1-2H3,(H,18,19,20,23). The van der Waals surface area contributed by atoms with Crippen molar-refractivity contribution >= 4 is 17.5 Å². The van der Waals surface area contributed by atoms with Crippen LogP contribution in [0.4, 0.5) is 11.6 Å². The van der Waals surface area contributed by atoms with Crippen LogP contribution in [-0.2, 0) is 7.05 Å². The van der Waals surface area contributed by atoms with Gasteiger partial charge in [0.25, 0.3) is 11.6 Å². The predicted octanol–water partition coefficient (Wildman–Crippen LogP) is 1.75. The fourth-order valence-electron chi connectivity index (χ4n) is 3.00. The lowest BCUT2D eigenvalue weighted by molar-refractivity contribution is -0.385. The third-order valence-electron chi connectivity index (χ3n) is 4.46. The molecule has 1 aliphatic rings. The molecule has 25 heavy (non-hydrogen) atoms. The molecule has 1 fully saturated rings. The molecular formula is C16H20N6O3. The summed E-state index contributed by atoms with van der Waals surface area (Å²) in [5, 5.41) is 21.4. The van der Waals surface area contributed by atoms with Crippen molar-refractivity contribution in [3.8, 4) is 0 Å². The molecule has 1 aromatic heterocycles. The molecule has 3 rings (SSSR count). The molecule has 9 nitrogen and oxygen atoms in total. The van der Waals surface area contributed by atoms with E-state index >= 15 is 0 Å². The van der Waals surface area contributed by atoms with Gasteiger partial charge in [0, 0.05) is 30.2 Å². The summed E-state index contributed by atoms with van der Waals surface area (Å²) in [5.41, 5.74) is 0.493. The number of nitro benzene ring substituents is 1. The van der Waals surface area contributed by atoms with E-state index in [4.69, 9.17) is 0 Å². The second-order valence-electron chi connectivity index (χ2n) is 6.10. The summed E-state index contributed by atoms with van der Waals surface area (Å²) in [4.78, 5) is 27.5. The summed E-state index contributed by atoms with van der Waals surface area (Å²) in [6.07, 6.45) is 1.92. The van der Waals surface area contributed by atoms with Crippen LogP contribution in [0, 0.1) is 17.0 Å². The zero-order valence-electron chi connectivity index (χ0n) is 14.2. The van der Waals surface area contributed by atoms with Crippen LogP contribution in [0.3, 0.4) is 0 Å². The molecule has 2 N–H and O–H groups in total. The molecule has 0 radical (unpaired) electrons. The number of nitro groups is 1. The Hall–Kier alpha value is -2.81. The molecule has 0 unspecified atom stereocenters. The second-order valence-corrected chi connectivity index (χ2v) is 6.10. The number of rotatable bonds is 4. The Morgan fingerprint density at radius 3 is 2.80 bits per heavy atom. The maximum Gasteiger partial charge on any atom is 0.273 e. The number of benzene rings is 1. The van der Waals surface area contributed by atoms with Crippen LogP contribution >= 0.6 is 0 Å². The largest absolute Gasteiger partial charge is 0.317 e. The number of hydrogen-bond acceptors (Lipinski definition) is 6. The fraction of sp³-hybridized carbons (Fsp3) is 0.438. The van der Waals surface area contributed by atoms with E-state index in [-0.39, 0.29) is 17.2 Å². The van der Waals surface area contributed by atoms with E-state index in [0.717, 1.165) is 31.8 Å². The number of anilines is 1. The second kappa shape index (κ2) is 6.98. The van der Waals surface area contributed by atoms with Gasteiger partial charge in [0.1, 0.15) is 0 Å². The Bertz CT molecular complexity index is 810. The first-order valence-corrected chi connectivity index (χ1v) is 8.14. The molecule has 2 heterocycles. The fourth-order valence-corrected chi connectivity index (χ4v) is 3.00. The van der Waals surface area contributed by atoms with Gasteiger partial charge in [-0.1, -0.05) is 6.07 Å². The Kier molecular flexibility index (Phi) is 4.75. The molecule has 0 spiro atoms. The summed E-state index contributed by atoms with van der Waals surface area (Å²) < 4.78 is 1.53. The van der Waals surface area contributed by atoms with E-state index in [0.29, 0.717) is 11.5 Å². The number of hydrogen-bond donors (Lipinski definition) is 2. The number of carbonyl (C=O) groups is 1. The molecule has 1 aromatic carbocycles. The van der Waals surface area contributed by atoms with Crippen molar-refractivity contribution in [2.45, 2.75) is 25.7 Å². The van der Waals surface area contributed by atoms with Crippen LogP contribution in [0.5, 0.6) is 0 Å². The van der Waals surface area contributed by atoms with Crippen LogP contribution < -0.4 is 10.6 Å². The number of carbonyl (C=O) groups excluding carboxylic acids is 1. The lowest BCUT2D eigenvalue weighted by atomic mass is 9.98. The number of nitrogens with zero attached hydrogens (tertiary/aromatic N) is 4. The van der Waals surface area contributed by atoms with Gasteiger partial charge in [-0.05, 0) is 38.9 Å². The van der Waals surface area contributed by atoms with Crippen molar-refractivity contribution in [3.63, 3.8) is 0 Å². The highest BCUT2D eigenvalue weighted by Gasteiger charge is 2.23. The van der Waals surface area contributed by atoms with Crippen LogP contribution in [0.2, 0.25) is 0 Å². The van der Waals surface area contributed by atoms with Crippen molar-refractivity contribution < 1.29 is 9.72 Å². The minimum absolute atomic E-state index is 0.0824. The number of aromatic nitrogens is 3. The third-order valence-corrected chi connectivity index (χ3v) is 4.46. The minimum atomic E-state index is -0.496. The van der Waals surface area contributed by atoms with Gasteiger partial charge in [0.2, 0.25) is 5.95 Å². The molecule has 9 heteroatoms. The number of aryl methyl sites for hydroxylation is 1.